The summed E-state index contributed by atoms with van der Waals surface area (Å²) < 4.78 is 0. The van der Waals surface area contributed by atoms with E-state index in [1.807, 2.05) is 13.8 Å². The zero-order chi connectivity index (χ0) is 14.0. The average Bonchev–Trinajstić information content (AvgIpc) is 2.85. The van der Waals surface area contributed by atoms with E-state index in [0.717, 1.165) is 25.8 Å². The smallest absolute Gasteiger partial charge is 0.356 e. The number of carboxylic acid groups (broad SMARTS) is 1. The van der Waals surface area contributed by atoms with Crippen molar-refractivity contribution in [1.29, 1.82) is 0 Å². The summed E-state index contributed by atoms with van der Waals surface area (Å²) in [5.41, 5.74) is 0.806. The maximum Gasteiger partial charge on any atom is 0.356 e. The van der Waals surface area contributed by atoms with Gasteiger partial charge in [0.1, 0.15) is 5.82 Å². The number of anilines is 1. The van der Waals surface area contributed by atoms with Crippen molar-refractivity contribution >= 4 is 11.7 Å². The van der Waals surface area contributed by atoms with Crippen molar-refractivity contribution in [2.24, 2.45) is 0 Å². The van der Waals surface area contributed by atoms with Gasteiger partial charge >= 0.3 is 5.97 Å². The van der Waals surface area contributed by atoms with Crippen LogP contribution in [0.4, 0.5) is 5.69 Å². The zero-order valence-electron chi connectivity index (χ0n) is 11.8. The number of hydrogen-bond donors (Lipinski definition) is 1. The first-order valence-corrected chi connectivity index (χ1v) is 6.91. The second kappa shape index (κ2) is 5.55. The van der Waals surface area contributed by atoms with Crippen molar-refractivity contribution < 1.29 is 9.90 Å². The average molecular weight is 263 g/mol. The molecule has 1 saturated heterocycles. The molecule has 0 aliphatic carbocycles. The van der Waals surface area contributed by atoms with Crippen LogP contribution in [0.1, 0.15) is 62.3 Å². The van der Waals surface area contributed by atoms with Gasteiger partial charge in [-0.05, 0) is 19.3 Å². The van der Waals surface area contributed by atoms with Crippen LogP contribution in [0.5, 0.6) is 0 Å². The first kappa shape index (κ1) is 13.8. The molecule has 1 fully saturated rings. The summed E-state index contributed by atoms with van der Waals surface area (Å²) in [6.45, 7) is 6.95. The van der Waals surface area contributed by atoms with Gasteiger partial charge in [0.25, 0.3) is 0 Å². The Labute approximate surface area is 113 Å². The molecule has 1 aromatic rings. The maximum absolute atomic E-state index is 11.4. The van der Waals surface area contributed by atoms with E-state index in [4.69, 9.17) is 0 Å². The van der Waals surface area contributed by atoms with E-state index in [1.54, 1.807) is 6.20 Å². The standard InChI is InChI=1S/C14H21N3O2/c1-4-10-6-5-7-17(10)11-8-15-13(9(2)3)16-12(11)14(18)19/h8-10H,4-7H2,1-3H3,(H,18,19). The van der Waals surface area contributed by atoms with Crippen molar-refractivity contribution in [2.45, 2.75) is 52.0 Å². The summed E-state index contributed by atoms with van der Waals surface area (Å²) in [7, 11) is 0. The van der Waals surface area contributed by atoms with Gasteiger partial charge in [0.15, 0.2) is 5.69 Å². The van der Waals surface area contributed by atoms with Gasteiger partial charge in [0, 0.05) is 18.5 Å². The molecule has 0 aromatic carbocycles. The molecule has 1 aromatic heterocycles. The van der Waals surface area contributed by atoms with Crippen LogP contribution in [0, 0.1) is 0 Å². The topological polar surface area (TPSA) is 66.3 Å². The SMILES string of the molecule is CCC1CCCN1c1cnc(C(C)C)nc1C(=O)O. The van der Waals surface area contributed by atoms with Crippen LogP contribution in [0.2, 0.25) is 0 Å². The number of nitrogens with zero attached hydrogens (tertiary/aromatic N) is 3. The van der Waals surface area contributed by atoms with Crippen LogP contribution >= 0.6 is 0 Å². The molecule has 104 valence electrons. The Morgan fingerprint density at radius 2 is 2.32 bits per heavy atom. The highest BCUT2D eigenvalue weighted by atomic mass is 16.4. The van der Waals surface area contributed by atoms with Crippen LogP contribution in [-0.2, 0) is 0 Å². The highest BCUT2D eigenvalue weighted by molar-refractivity contribution is 5.92. The molecular weight excluding hydrogens is 242 g/mol. The van der Waals surface area contributed by atoms with Gasteiger partial charge < -0.3 is 10.0 Å². The van der Waals surface area contributed by atoms with E-state index in [2.05, 4.69) is 21.8 Å². The molecule has 1 aliphatic heterocycles. The minimum Gasteiger partial charge on any atom is -0.476 e. The maximum atomic E-state index is 11.4. The molecule has 1 unspecified atom stereocenters. The van der Waals surface area contributed by atoms with Gasteiger partial charge in [-0.1, -0.05) is 20.8 Å². The molecule has 2 heterocycles. The predicted octanol–water partition coefficient (Wildman–Crippen LogP) is 2.68. The molecule has 2 rings (SSSR count). The lowest BCUT2D eigenvalue weighted by atomic mass is 10.1. The molecule has 5 heteroatoms. The Balaban J connectivity index is 2.42. The predicted molar refractivity (Wildman–Crippen MR) is 73.7 cm³/mol. The molecule has 1 aliphatic rings. The van der Waals surface area contributed by atoms with E-state index in [0.29, 0.717) is 17.6 Å². The third-order valence-electron chi connectivity index (χ3n) is 3.66. The lowest BCUT2D eigenvalue weighted by Crippen LogP contribution is -2.30. The minimum atomic E-state index is -0.971. The Hall–Kier alpha value is -1.65. The molecule has 1 atom stereocenters. The number of rotatable bonds is 4. The van der Waals surface area contributed by atoms with Gasteiger partial charge in [0.05, 0.1) is 11.9 Å². The summed E-state index contributed by atoms with van der Waals surface area (Å²) in [5, 5.41) is 9.37. The number of aromatic carboxylic acids is 1. The first-order chi connectivity index (χ1) is 9.04. The molecule has 5 nitrogen and oxygen atoms in total. The lowest BCUT2D eigenvalue weighted by Gasteiger charge is -2.26. The third kappa shape index (κ3) is 2.69. The Morgan fingerprint density at radius 3 is 2.89 bits per heavy atom. The van der Waals surface area contributed by atoms with Crippen LogP contribution in [0.25, 0.3) is 0 Å². The van der Waals surface area contributed by atoms with Gasteiger partial charge in [-0.2, -0.15) is 0 Å². The first-order valence-electron chi connectivity index (χ1n) is 6.91. The summed E-state index contributed by atoms with van der Waals surface area (Å²) in [4.78, 5) is 22.1. The van der Waals surface area contributed by atoms with Gasteiger partial charge in [-0.25, -0.2) is 14.8 Å². The highest BCUT2D eigenvalue weighted by Crippen LogP contribution is 2.29. The Kier molecular flexibility index (Phi) is 4.02. The second-order valence-electron chi connectivity index (χ2n) is 5.32. The normalized spacial score (nSPS) is 19.2. The fourth-order valence-corrected chi connectivity index (χ4v) is 2.61. The molecule has 1 N–H and O–H groups in total. The monoisotopic (exact) mass is 263 g/mol. The molecule has 0 bridgehead atoms. The molecule has 0 saturated carbocycles. The number of hydrogen-bond acceptors (Lipinski definition) is 4. The molecule has 0 spiro atoms. The van der Waals surface area contributed by atoms with E-state index in [1.165, 1.54) is 0 Å². The van der Waals surface area contributed by atoms with Gasteiger partial charge in [0.2, 0.25) is 0 Å². The molecule has 19 heavy (non-hydrogen) atoms. The summed E-state index contributed by atoms with van der Waals surface area (Å²) in [6.07, 6.45) is 4.91. The van der Waals surface area contributed by atoms with Crippen molar-refractivity contribution in [1.82, 2.24) is 9.97 Å². The fourth-order valence-electron chi connectivity index (χ4n) is 2.61. The van der Waals surface area contributed by atoms with E-state index in [-0.39, 0.29) is 11.6 Å². The van der Waals surface area contributed by atoms with E-state index >= 15 is 0 Å². The number of aromatic nitrogens is 2. The summed E-state index contributed by atoms with van der Waals surface area (Å²) in [6, 6.07) is 0.409. The van der Waals surface area contributed by atoms with Crippen LogP contribution in [0.15, 0.2) is 6.20 Å². The fraction of sp³-hybridized carbons (Fsp3) is 0.643. The van der Waals surface area contributed by atoms with Crippen molar-refractivity contribution in [3.05, 3.63) is 17.7 Å². The lowest BCUT2D eigenvalue weighted by molar-refractivity contribution is 0.0690. The van der Waals surface area contributed by atoms with Crippen molar-refractivity contribution in [2.75, 3.05) is 11.4 Å². The second-order valence-corrected chi connectivity index (χ2v) is 5.32. The van der Waals surface area contributed by atoms with Crippen molar-refractivity contribution in [3.63, 3.8) is 0 Å². The number of carboxylic acids is 1. The van der Waals surface area contributed by atoms with Gasteiger partial charge in [-0.15, -0.1) is 0 Å². The molecule has 0 amide bonds. The quantitative estimate of drug-likeness (QED) is 0.904. The summed E-state index contributed by atoms with van der Waals surface area (Å²) >= 11 is 0. The van der Waals surface area contributed by atoms with Crippen LogP contribution in [-0.4, -0.2) is 33.6 Å². The molecule has 0 radical (unpaired) electrons. The minimum absolute atomic E-state index is 0.132. The molecular formula is C14H21N3O2. The number of carbonyl (C=O) groups is 1. The van der Waals surface area contributed by atoms with E-state index in [9.17, 15) is 9.90 Å². The Morgan fingerprint density at radius 1 is 1.58 bits per heavy atom. The van der Waals surface area contributed by atoms with Gasteiger partial charge in [-0.3, -0.25) is 0 Å². The van der Waals surface area contributed by atoms with Crippen molar-refractivity contribution in [3.8, 4) is 0 Å². The highest BCUT2D eigenvalue weighted by Gasteiger charge is 2.28. The van der Waals surface area contributed by atoms with Crippen LogP contribution < -0.4 is 4.90 Å². The summed E-state index contributed by atoms with van der Waals surface area (Å²) in [5.74, 6) is -0.248. The largest absolute Gasteiger partial charge is 0.476 e. The van der Waals surface area contributed by atoms with E-state index < -0.39 is 5.97 Å². The zero-order valence-corrected chi connectivity index (χ0v) is 11.8. The van der Waals surface area contributed by atoms with Crippen LogP contribution in [0.3, 0.4) is 0 Å². The third-order valence-corrected chi connectivity index (χ3v) is 3.66. The Bertz CT molecular complexity index is 474.